The zero-order valence-corrected chi connectivity index (χ0v) is 11.6. The van der Waals surface area contributed by atoms with Crippen molar-refractivity contribution in [3.05, 3.63) is 53.7 Å². The number of hydrogen-bond acceptors (Lipinski definition) is 4. The van der Waals surface area contributed by atoms with Crippen LogP contribution in [-0.2, 0) is 0 Å². The van der Waals surface area contributed by atoms with Crippen molar-refractivity contribution in [2.24, 2.45) is 0 Å². The lowest BCUT2D eigenvalue weighted by Gasteiger charge is -2.09. The third-order valence-corrected chi connectivity index (χ3v) is 2.78. The summed E-state index contributed by atoms with van der Waals surface area (Å²) in [6.07, 6.45) is 1.51. The lowest BCUT2D eigenvalue weighted by Crippen LogP contribution is -2.12. The number of aromatic carboxylic acids is 1. The Bertz CT molecular complexity index is 648. The first-order valence-electron chi connectivity index (χ1n) is 6.57. The van der Waals surface area contributed by atoms with Crippen molar-refractivity contribution in [2.45, 2.75) is 6.42 Å². The van der Waals surface area contributed by atoms with E-state index >= 15 is 0 Å². The van der Waals surface area contributed by atoms with E-state index in [-0.39, 0.29) is 17.2 Å². The Balaban J connectivity index is 1.79. The van der Waals surface area contributed by atoms with Gasteiger partial charge in [0.15, 0.2) is 0 Å². The number of ether oxygens (including phenoxy) is 1. The van der Waals surface area contributed by atoms with Gasteiger partial charge in [-0.1, -0.05) is 0 Å². The highest BCUT2D eigenvalue weighted by Crippen LogP contribution is 2.14. The predicted octanol–water partition coefficient (Wildman–Crippen LogP) is 2.94. The molecule has 0 amide bonds. The molecule has 0 spiro atoms. The SMILES string of the molecule is O=C(O)c1cc(F)cnc1NCCCOc1ccc(F)cc1. The molecule has 1 aromatic carbocycles. The van der Waals surface area contributed by atoms with Crippen molar-refractivity contribution >= 4 is 11.8 Å². The molecule has 0 radical (unpaired) electrons. The van der Waals surface area contributed by atoms with E-state index in [1.165, 1.54) is 24.3 Å². The molecule has 22 heavy (non-hydrogen) atoms. The molecule has 116 valence electrons. The van der Waals surface area contributed by atoms with Crippen LogP contribution in [0.5, 0.6) is 5.75 Å². The highest BCUT2D eigenvalue weighted by atomic mass is 19.1. The van der Waals surface area contributed by atoms with Crippen molar-refractivity contribution in [1.82, 2.24) is 4.98 Å². The summed E-state index contributed by atoms with van der Waals surface area (Å²) in [5.41, 5.74) is -0.223. The number of anilines is 1. The topological polar surface area (TPSA) is 71.5 Å². The van der Waals surface area contributed by atoms with Gasteiger partial charge in [-0.2, -0.15) is 0 Å². The van der Waals surface area contributed by atoms with Crippen molar-refractivity contribution in [2.75, 3.05) is 18.5 Å². The molecule has 2 aromatic rings. The monoisotopic (exact) mass is 308 g/mol. The summed E-state index contributed by atoms with van der Waals surface area (Å²) in [5.74, 6) is -1.64. The second-order valence-corrected chi connectivity index (χ2v) is 4.44. The highest BCUT2D eigenvalue weighted by Gasteiger charge is 2.12. The lowest BCUT2D eigenvalue weighted by molar-refractivity contribution is 0.0697. The molecule has 2 N–H and O–H groups in total. The number of hydrogen-bond donors (Lipinski definition) is 2. The van der Waals surface area contributed by atoms with Crippen molar-refractivity contribution < 1.29 is 23.4 Å². The molecule has 0 fully saturated rings. The van der Waals surface area contributed by atoms with E-state index in [1.54, 1.807) is 0 Å². The van der Waals surface area contributed by atoms with Gasteiger partial charge in [-0.05, 0) is 36.8 Å². The van der Waals surface area contributed by atoms with E-state index in [9.17, 15) is 13.6 Å². The second kappa shape index (κ2) is 7.35. The highest BCUT2D eigenvalue weighted by molar-refractivity contribution is 5.93. The predicted molar refractivity (Wildman–Crippen MR) is 76.2 cm³/mol. The smallest absolute Gasteiger partial charge is 0.339 e. The largest absolute Gasteiger partial charge is 0.494 e. The third kappa shape index (κ3) is 4.41. The van der Waals surface area contributed by atoms with Crippen LogP contribution in [0.2, 0.25) is 0 Å². The van der Waals surface area contributed by atoms with Crippen LogP contribution in [-0.4, -0.2) is 29.2 Å². The molecule has 0 unspecified atom stereocenters. The number of nitrogens with zero attached hydrogens (tertiary/aromatic N) is 1. The lowest BCUT2D eigenvalue weighted by atomic mass is 10.2. The van der Waals surface area contributed by atoms with Crippen molar-refractivity contribution in [3.8, 4) is 5.75 Å². The molecular weight excluding hydrogens is 294 g/mol. The van der Waals surface area contributed by atoms with Gasteiger partial charge >= 0.3 is 5.97 Å². The summed E-state index contributed by atoms with van der Waals surface area (Å²) in [6, 6.07) is 6.55. The van der Waals surface area contributed by atoms with E-state index < -0.39 is 11.8 Å². The van der Waals surface area contributed by atoms with E-state index in [0.717, 1.165) is 12.3 Å². The maximum atomic E-state index is 13.0. The third-order valence-electron chi connectivity index (χ3n) is 2.78. The normalized spacial score (nSPS) is 10.3. The molecule has 0 saturated heterocycles. The number of carboxylic acids is 1. The number of benzene rings is 1. The van der Waals surface area contributed by atoms with Crippen molar-refractivity contribution in [3.63, 3.8) is 0 Å². The molecule has 1 aromatic heterocycles. The number of aromatic nitrogens is 1. The summed E-state index contributed by atoms with van der Waals surface area (Å²) in [7, 11) is 0. The van der Waals surface area contributed by atoms with E-state index in [2.05, 4.69) is 10.3 Å². The number of pyridine rings is 1. The Hall–Kier alpha value is -2.70. The van der Waals surface area contributed by atoms with Crippen LogP contribution in [0, 0.1) is 11.6 Å². The first kappa shape index (κ1) is 15.7. The number of carbonyl (C=O) groups is 1. The minimum absolute atomic E-state index is 0.107. The maximum absolute atomic E-state index is 13.0. The first-order valence-corrected chi connectivity index (χ1v) is 6.57. The van der Waals surface area contributed by atoms with Gasteiger partial charge in [0.2, 0.25) is 0 Å². The van der Waals surface area contributed by atoms with Gasteiger partial charge in [0.25, 0.3) is 0 Å². The summed E-state index contributed by atoms with van der Waals surface area (Å²) in [6.45, 7) is 0.766. The minimum atomic E-state index is -1.25. The van der Waals surface area contributed by atoms with Gasteiger partial charge in [-0.3, -0.25) is 0 Å². The summed E-state index contributed by atoms with van der Waals surface area (Å²) >= 11 is 0. The summed E-state index contributed by atoms with van der Waals surface area (Å²) in [5, 5.41) is 11.8. The van der Waals surface area contributed by atoms with E-state index in [4.69, 9.17) is 9.84 Å². The standard InChI is InChI=1S/C15H14F2N2O3/c16-10-2-4-12(5-3-10)22-7-1-6-18-14-13(15(20)21)8-11(17)9-19-14/h2-5,8-9H,1,6-7H2,(H,18,19)(H,20,21). The molecule has 0 atom stereocenters. The molecule has 7 heteroatoms. The average molecular weight is 308 g/mol. The molecular formula is C15H14F2N2O3. The van der Waals surface area contributed by atoms with Gasteiger partial charge in [-0.25, -0.2) is 18.6 Å². The Morgan fingerprint density at radius 3 is 2.64 bits per heavy atom. The van der Waals surface area contributed by atoms with Crippen LogP contribution < -0.4 is 10.1 Å². The average Bonchev–Trinajstić information content (AvgIpc) is 2.50. The van der Waals surface area contributed by atoms with Crippen LogP contribution in [0.3, 0.4) is 0 Å². The molecule has 0 saturated carbocycles. The quantitative estimate of drug-likeness (QED) is 0.770. The van der Waals surface area contributed by atoms with Gasteiger partial charge in [0.05, 0.1) is 12.8 Å². The number of halogens is 2. The van der Waals surface area contributed by atoms with Crippen LogP contribution in [0.25, 0.3) is 0 Å². The molecule has 1 heterocycles. The maximum Gasteiger partial charge on any atom is 0.339 e. The Labute approximate surface area is 125 Å². The fourth-order valence-electron chi connectivity index (χ4n) is 1.74. The zero-order valence-electron chi connectivity index (χ0n) is 11.6. The summed E-state index contributed by atoms with van der Waals surface area (Å²) < 4.78 is 31.1. The fraction of sp³-hybridized carbons (Fsp3) is 0.200. The molecule has 0 aliphatic heterocycles. The van der Waals surface area contributed by atoms with Gasteiger partial charge in [0, 0.05) is 6.54 Å². The van der Waals surface area contributed by atoms with Crippen molar-refractivity contribution in [1.29, 1.82) is 0 Å². The molecule has 0 aliphatic rings. The first-order chi connectivity index (χ1) is 10.6. The van der Waals surface area contributed by atoms with Crippen LogP contribution in [0.15, 0.2) is 36.5 Å². The zero-order chi connectivity index (χ0) is 15.9. The van der Waals surface area contributed by atoms with Gasteiger partial charge in [-0.15, -0.1) is 0 Å². The number of nitrogens with one attached hydrogen (secondary N) is 1. The minimum Gasteiger partial charge on any atom is -0.494 e. The molecule has 2 rings (SSSR count). The Kier molecular flexibility index (Phi) is 5.24. The number of rotatable bonds is 7. The molecule has 0 bridgehead atoms. The van der Waals surface area contributed by atoms with E-state index in [1.807, 2.05) is 0 Å². The van der Waals surface area contributed by atoms with E-state index in [0.29, 0.717) is 25.3 Å². The molecule has 5 nitrogen and oxygen atoms in total. The Morgan fingerprint density at radius 2 is 1.95 bits per heavy atom. The fourth-order valence-corrected chi connectivity index (χ4v) is 1.74. The van der Waals surface area contributed by atoms with Gasteiger partial charge in [0.1, 0.15) is 28.8 Å². The molecule has 0 aliphatic carbocycles. The Morgan fingerprint density at radius 1 is 1.23 bits per heavy atom. The second-order valence-electron chi connectivity index (χ2n) is 4.44. The van der Waals surface area contributed by atoms with Crippen LogP contribution in [0.1, 0.15) is 16.8 Å². The van der Waals surface area contributed by atoms with Crippen LogP contribution in [0.4, 0.5) is 14.6 Å². The number of carboxylic acid groups (broad SMARTS) is 1. The van der Waals surface area contributed by atoms with Crippen LogP contribution >= 0.6 is 0 Å². The summed E-state index contributed by atoms with van der Waals surface area (Å²) in [4.78, 5) is 14.7. The van der Waals surface area contributed by atoms with Gasteiger partial charge < -0.3 is 15.2 Å².